The molecule has 1 unspecified atom stereocenters. The summed E-state index contributed by atoms with van der Waals surface area (Å²) >= 11 is 0. The standard InChI is InChI=1S/C13H22N4O3/c1-5-6-14-13-15-8-11(17(18)19)12(16-13)20-10(4)7-9(2)3/h8-10H,5-7H2,1-4H3,(H,14,15,16). The van der Waals surface area contributed by atoms with Crippen LogP contribution < -0.4 is 10.1 Å². The van der Waals surface area contributed by atoms with E-state index in [1.54, 1.807) is 0 Å². The first kappa shape index (κ1) is 16.1. The summed E-state index contributed by atoms with van der Waals surface area (Å²) in [5, 5.41) is 14.0. The van der Waals surface area contributed by atoms with E-state index < -0.39 is 4.92 Å². The lowest BCUT2D eigenvalue weighted by Crippen LogP contribution is -2.17. The van der Waals surface area contributed by atoms with Gasteiger partial charge in [0.25, 0.3) is 5.88 Å². The van der Waals surface area contributed by atoms with E-state index in [-0.39, 0.29) is 17.7 Å². The van der Waals surface area contributed by atoms with Crippen LogP contribution in [0.2, 0.25) is 0 Å². The quantitative estimate of drug-likeness (QED) is 0.582. The molecule has 1 N–H and O–H groups in total. The Morgan fingerprint density at radius 1 is 1.45 bits per heavy atom. The average molecular weight is 282 g/mol. The van der Waals surface area contributed by atoms with E-state index in [9.17, 15) is 10.1 Å². The summed E-state index contributed by atoms with van der Waals surface area (Å²) < 4.78 is 5.61. The lowest BCUT2D eigenvalue weighted by molar-refractivity contribution is -0.386. The highest BCUT2D eigenvalue weighted by Crippen LogP contribution is 2.26. The zero-order valence-corrected chi connectivity index (χ0v) is 12.4. The monoisotopic (exact) mass is 282 g/mol. The molecule has 1 aromatic heterocycles. The summed E-state index contributed by atoms with van der Waals surface area (Å²) in [5.74, 6) is 0.824. The highest BCUT2D eigenvalue weighted by Gasteiger charge is 2.21. The molecule has 0 bridgehead atoms. The Morgan fingerprint density at radius 3 is 2.70 bits per heavy atom. The van der Waals surface area contributed by atoms with Crippen LogP contribution >= 0.6 is 0 Å². The Bertz CT molecular complexity index is 451. The third-order valence-electron chi connectivity index (χ3n) is 2.58. The molecule has 0 amide bonds. The fourth-order valence-electron chi connectivity index (χ4n) is 1.80. The van der Waals surface area contributed by atoms with Crippen molar-refractivity contribution in [2.45, 2.75) is 46.6 Å². The zero-order valence-electron chi connectivity index (χ0n) is 12.4. The first-order chi connectivity index (χ1) is 9.43. The molecular weight excluding hydrogens is 260 g/mol. The molecule has 0 aliphatic rings. The molecule has 0 saturated carbocycles. The van der Waals surface area contributed by atoms with Crippen LogP contribution in [0, 0.1) is 16.0 Å². The Hall–Kier alpha value is -1.92. The lowest BCUT2D eigenvalue weighted by Gasteiger charge is -2.16. The number of nitro groups is 1. The minimum absolute atomic E-state index is 0.0248. The van der Waals surface area contributed by atoms with Crippen LogP contribution in [0.25, 0.3) is 0 Å². The summed E-state index contributed by atoms with van der Waals surface area (Å²) in [4.78, 5) is 18.5. The molecule has 1 aromatic rings. The third kappa shape index (κ3) is 4.99. The maximum Gasteiger partial charge on any atom is 0.349 e. The summed E-state index contributed by atoms with van der Waals surface area (Å²) in [6.07, 6.45) is 2.77. The maximum absolute atomic E-state index is 11.0. The van der Waals surface area contributed by atoms with Gasteiger partial charge >= 0.3 is 5.69 Å². The van der Waals surface area contributed by atoms with Gasteiger partial charge in [-0.1, -0.05) is 20.8 Å². The molecule has 7 heteroatoms. The molecular formula is C13H22N4O3. The van der Waals surface area contributed by atoms with E-state index in [2.05, 4.69) is 29.1 Å². The molecule has 1 heterocycles. The number of nitrogens with one attached hydrogen (secondary N) is 1. The predicted octanol–water partition coefficient (Wildman–Crippen LogP) is 3.02. The lowest BCUT2D eigenvalue weighted by atomic mass is 10.1. The van der Waals surface area contributed by atoms with E-state index >= 15 is 0 Å². The minimum atomic E-state index is -0.527. The molecule has 0 aromatic carbocycles. The first-order valence-electron chi connectivity index (χ1n) is 6.86. The SMILES string of the molecule is CCCNc1ncc([N+](=O)[O-])c(OC(C)CC(C)C)n1. The summed E-state index contributed by atoms with van der Waals surface area (Å²) in [6, 6.07) is 0. The Kier molecular flexibility index (Phi) is 6.14. The smallest absolute Gasteiger partial charge is 0.349 e. The number of anilines is 1. The van der Waals surface area contributed by atoms with Crippen LogP contribution in [0.15, 0.2) is 6.20 Å². The Labute approximate surface area is 118 Å². The highest BCUT2D eigenvalue weighted by molar-refractivity contribution is 5.43. The van der Waals surface area contributed by atoms with Crippen molar-refractivity contribution in [1.29, 1.82) is 0 Å². The molecule has 0 aliphatic carbocycles. The summed E-state index contributed by atoms with van der Waals surface area (Å²) in [6.45, 7) is 8.75. The van der Waals surface area contributed by atoms with Crippen LogP contribution in [-0.4, -0.2) is 27.5 Å². The predicted molar refractivity (Wildman–Crippen MR) is 77.0 cm³/mol. The Balaban J connectivity index is 2.90. The van der Waals surface area contributed by atoms with Crippen LogP contribution in [0.3, 0.4) is 0 Å². The fraction of sp³-hybridized carbons (Fsp3) is 0.692. The number of nitrogens with zero attached hydrogens (tertiary/aromatic N) is 3. The zero-order chi connectivity index (χ0) is 15.1. The third-order valence-corrected chi connectivity index (χ3v) is 2.58. The van der Waals surface area contributed by atoms with Gasteiger partial charge in [-0.15, -0.1) is 0 Å². The van der Waals surface area contributed by atoms with Gasteiger partial charge in [0.2, 0.25) is 5.95 Å². The topological polar surface area (TPSA) is 90.2 Å². The van der Waals surface area contributed by atoms with E-state index in [1.807, 2.05) is 13.8 Å². The molecule has 0 radical (unpaired) electrons. The van der Waals surface area contributed by atoms with Gasteiger partial charge in [0.1, 0.15) is 6.20 Å². The van der Waals surface area contributed by atoms with Gasteiger partial charge in [0.05, 0.1) is 11.0 Å². The average Bonchev–Trinajstić information content (AvgIpc) is 2.35. The molecule has 1 rings (SSSR count). The molecule has 0 spiro atoms. The maximum atomic E-state index is 11.0. The molecule has 20 heavy (non-hydrogen) atoms. The summed E-state index contributed by atoms with van der Waals surface area (Å²) in [7, 11) is 0. The van der Waals surface area contributed by atoms with E-state index in [1.165, 1.54) is 6.20 Å². The largest absolute Gasteiger partial charge is 0.470 e. The van der Waals surface area contributed by atoms with E-state index in [0.717, 1.165) is 12.8 Å². The van der Waals surface area contributed by atoms with Crippen molar-refractivity contribution in [1.82, 2.24) is 9.97 Å². The van der Waals surface area contributed by atoms with Crippen molar-refractivity contribution < 1.29 is 9.66 Å². The van der Waals surface area contributed by atoms with Gasteiger partial charge in [-0.2, -0.15) is 4.98 Å². The van der Waals surface area contributed by atoms with Crippen LogP contribution in [0.1, 0.15) is 40.5 Å². The van der Waals surface area contributed by atoms with E-state index in [4.69, 9.17) is 4.74 Å². The van der Waals surface area contributed by atoms with Crippen LogP contribution in [-0.2, 0) is 0 Å². The van der Waals surface area contributed by atoms with Gasteiger partial charge in [-0.25, -0.2) is 4.98 Å². The van der Waals surface area contributed by atoms with Crippen molar-refractivity contribution in [3.8, 4) is 5.88 Å². The summed E-state index contributed by atoms with van der Waals surface area (Å²) in [5.41, 5.74) is -0.206. The van der Waals surface area contributed by atoms with Gasteiger partial charge in [-0.05, 0) is 25.7 Å². The molecule has 0 fully saturated rings. The van der Waals surface area contributed by atoms with Crippen molar-refractivity contribution in [3.05, 3.63) is 16.3 Å². The van der Waals surface area contributed by atoms with E-state index in [0.29, 0.717) is 18.4 Å². The second kappa shape index (κ2) is 7.62. The highest BCUT2D eigenvalue weighted by atomic mass is 16.6. The van der Waals surface area contributed by atoms with Crippen LogP contribution in [0.4, 0.5) is 11.6 Å². The normalized spacial score (nSPS) is 12.2. The van der Waals surface area contributed by atoms with Gasteiger partial charge in [0.15, 0.2) is 0 Å². The molecule has 0 aliphatic heterocycles. The first-order valence-corrected chi connectivity index (χ1v) is 6.86. The molecule has 112 valence electrons. The second-order valence-electron chi connectivity index (χ2n) is 5.13. The number of ether oxygens (including phenoxy) is 1. The Morgan fingerprint density at radius 2 is 2.15 bits per heavy atom. The van der Waals surface area contributed by atoms with Crippen LogP contribution in [0.5, 0.6) is 5.88 Å². The molecule has 1 atom stereocenters. The van der Waals surface area contributed by atoms with Crippen molar-refractivity contribution in [2.75, 3.05) is 11.9 Å². The molecule has 0 saturated heterocycles. The van der Waals surface area contributed by atoms with Gasteiger partial charge in [-0.3, -0.25) is 10.1 Å². The van der Waals surface area contributed by atoms with Crippen molar-refractivity contribution >= 4 is 11.6 Å². The second-order valence-corrected chi connectivity index (χ2v) is 5.13. The number of rotatable bonds is 8. The van der Waals surface area contributed by atoms with Gasteiger partial charge in [0, 0.05) is 6.54 Å². The van der Waals surface area contributed by atoms with Crippen molar-refractivity contribution in [3.63, 3.8) is 0 Å². The number of aromatic nitrogens is 2. The fourth-order valence-corrected chi connectivity index (χ4v) is 1.80. The minimum Gasteiger partial charge on any atom is -0.470 e. The number of hydrogen-bond acceptors (Lipinski definition) is 6. The molecule has 7 nitrogen and oxygen atoms in total. The van der Waals surface area contributed by atoms with Gasteiger partial charge < -0.3 is 10.1 Å². The van der Waals surface area contributed by atoms with Crippen molar-refractivity contribution in [2.24, 2.45) is 5.92 Å². The number of hydrogen-bond donors (Lipinski definition) is 1.